The summed E-state index contributed by atoms with van der Waals surface area (Å²) in [4.78, 5) is 2.57. The fourth-order valence-corrected chi connectivity index (χ4v) is 2.88. The molecule has 112 valence electrons. The van der Waals surface area contributed by atoms with Gasteiger partial charge in [0.15, 0.2) is 0 Å². The predicted octanol–water partition coefficient (Wildman–Crippen LogP) is 2.97. The maximum atomic E-state index is 5.51. The standard InChI is InChI=1S/C17H28N2O/c1-6-17(4)12-19(14(3)10-18-17)11-15-9-13(2)7-8-16(15)20-5/h7-9,14,18H,6,10-12H2,1-5H3. The summed E-state index contributed by atoms with van der Waals surface area (Å²) in [5.41, 5.74) is 2.81. The van der Waals surface area contributed by atoms with E-state index < -0.39 is 0 Å². The largest absolute Gasteiger partial charge is 0.496 e. The lowest BCUT2D eigenvalue weighted by molar-refractivity contribution is 0.0858. The topological polar surface area (TPSA) is 24.5 Å². The molecular weight excluding hydrogens is 248 g/mol. The van der Waals surface area contributed by atoms with Gasteiger partial charge in [-0.1, -0.05) is 24.6 Å². The quantitative estimate of drug-likeness (QED) is 0.915. The molecule has 3 nitrogen and oxygen atoms in total. The molecule has 1 N–H and O–H groups in total. The highest BCUT2D eigenvalue weighted by Crippen LogP contribution is 2.25. The van der Waals surface area contributed by atoms with Crippen LogP contribution in [0.5, 0.6) is 5.75 Å². The van der Waals surface area contributed by atoms with Crippen LogP contribution in [0.1, 0.15) is 38.3 Å². The molecular formula is C17H28N2O. The van der Waals surface area contributed by atoms with E-state index in [0.29, 0.717) is 6.04 Å². The number of hydrogen-bond donors (Lipinski definition) is 1. The van der Waals surface area contributed by atoms with Crippen LogP contribution in [0.3, 0.4) is 0 Å². The third kappa shape index (κ3) is 3.33. The number of piperazine rings is 1. The Hall–Kier alpha value is -1.06. The summed E-state index contributed by atoms with van der Waals surface area (Å²) >= 11 is 0. The third-order valence-electron chi connectivity index (χ3n) is 4.59. The van der Waals surface area contributed by atoms with Gasteiger partial charge in [-0.05, 0) is 33.3 Å². The highest BCUT2D eigenvalue weighted by Gasteiger charge is 2.32. The lowest BCUT2D eigenvalue weighted by Crippen LogP contribution is -2.61. The Bertz CT molecular complexity index is 460. The molecule has 1 fully saturated rings. The SMILES string of the molecule is CCC1(C)CN(Cc2cc(C)ccc2OC)C(C)CN1. The van der Waals surface area contributed by atoms with Gasteiger partial charge in [0.2, 0.25) is 0 Å². The minimum absolute atomic E-state index is 0.226. The molecule has 0 radical (unpaired) electrons. The number of benzene rings is 1. The zero-order valence-corrected chi connectivity index (χ0v) is 13.5. The van der Waals surface area contributed by atoms with Crippen LogP contribution in [0.15, 0.2) is 18.2 Å². The van der Waals surface area contributed by atoms with Crippen molar-refractivity contribution >= 4 is 0 Å². The van der Waals surface area contributed by atoms with Gasteiger partial charge in [0.1, 0.15) is 5.75 Å². The molecule has 1 aliphatic rings. The number of ether oxygens (including phenoxy) is 1. The molecule has 2 rings (SSSR count). The van der Waals surface area contributed by atoms with Crippen molar-refractivity contribution in [1.29, 1.82) is 0 Å². The van der Waals surface area contributed by atoms with Crippen molar-refractivity contribution in [1.82, 2.24) is 10.2 Å². The molecule has 0 bridgehead atoms. The number of aryl methyl sites for hydroxylation is 1. The van der Waals surface area contributed by atoms with Crippen LogP contribution in [-0.2, 0) is 6.54 Å². The van der Waals surface area contributed by atoms with Crippen molar-refractivity contribution in [2.24, 2.45) is 0 Å². The second kappa shape index (κ2) is 6.15. The summed E-state index contributed by atoms with van der Waals surface area (Å²) in [6.45, 7) is 12.1. The van der Waals surface area contributed by atoms with Gasteiger partial charge in [-0.3, -0.25) is 4.90 Å². The van der Waals surface area contributed by atoms with Crippen LogP contribution in [0.25, 0.3) is 0 Å². The van der Waals surface area contributed by atoms with E-state index in [9.17, 15) is 0 Å². The lowest BCUT2D eigenvalue weighted by atomic mass is 9.93. The minimum Gasteiger partial charge on any atom is -0.496 e. The van der Waals surface area contributed by atoms with Gasteiger partial charge in [0.25, 0.3) is 0 Å². The van der Waals surface area contributed by atoms with Crippen LogP contribution < -0.4 is 10.1 Å². The molecule has 20 heavy (non-hydrogen) atoms. The zero-order valence-electron chi connectivity index (χ0n) is 13.5. The van der Waals surface area contributed by atoms with Gasteiger partial charge in [-0.2, -0.15) is 0 Å². The van der Waals surface area contributed by atoms with E-state index in [2.05, 4.69) is 56.1 Å². The summed E-state index contributed by atoms with van der Waals surface area (Å²) in [5.74, 6) is 1.000. The fourth-order valence-electron chi connectivity index (χ4n) is 2.88. The second-order valence-electron chi connectivity index (χ2n) is 6.36. The Kier molecular flexibility index (Phi) is 4.71. The predicted molar refractivity (Wildman–Crippen MR) is 84.3 cm³/mol. The highest BCUT2D eigenvalue weighted by molar-refractivity contribution is 5.36. The van der Waals surface area contributed by atoms with Crippen molar-refractivity contribution in [3.05, 3.63) is 29.3 Å². The summed E-state index contributed by atoms with van der Waals surface area (Å²) in [6.07, 6.45) is 1.15. The van der Waals surface area contributed by atoms with E-state index in [0.717, 1.165) is 31.8 Å². The van der Waals surface area contributed by atoms with E-state index in [1.165, 1.54) is 11.1 Å². The molecule has 1 aromatic carbocycles. The average molecular weight is 276 g/mol. The molecule has 0 aromatic heterocycles. The molecule has 1 aromatic rings. The van der Waals surface area contributed by atoms with E-state index in [4.69, 9.17) is 4.74 Å². The Labute approximate surface area is 123 Å². The summed E-state index contributed by atoms with van der Waals surface area (Å²) < 4.78 is 5.51. The molecule has 0 saturated carbocycles. The van der Waals surface area contributed by atoms with Gasteiger partial charge in [-0.15, -0.1) is 0 Å². The summed E-state index contributed by atoms with van der Waals surface area (Å²) in [6, 6.07) is 6.99. The van der Waals surface area contributed by atoms with Crippen LogP contribution in [0, 0.1) is 6.92 Å². The van der Waals surface area contributed by atoms with Crippen molar-refractivity contribution < 1.29 is 4.74 Å². The molecule has 3 heteroatoms. The van der Waals surface area contributed by atoms with Gasteiger partial charge in [0, 0.05) is 36.8 Å². The van der Waals surface area contributed by atoms with Gasteiger partial charge >= 0.3 is 0 Å². The first kappa shape index (κ1) is 15.3. The Morgan fingerprint density at radius 3 is 2.85 bits per heavy atom. The van der Waals surface area contributed by atoms with E-state index in [1.807, 2.05) is 0 Å². The van der Waals surface area contributed by atoms with Crippen LogP contribution in [0.2, 0.25) is 0 Å². The van der Waals surface area contributed by atoms with Crippen molar-refractivity contribution in [3.63, 3.8) is 0 Å². The van der Waals surface area contributed by atoms with E-state index in [-0.39, 0.29) is 5.54 Å². The monoisotopic (exact) mass is 276 g/mol. The smallest absolute Gasteiger partial charge is 0.123 e. The van der Waals surface area contributed by atoms with Crippen molar-refractivity contribution in [2.45, 2.75) is 52.2 Å². The van der Waals surface area contributed by atoms with E-state index in [1.54, 1.807) is 7.11 Å². The maximum Gasteiger partial charge on any atom is 0.123 e. The molecule has 0 spiro atoms. The first-order valence-electron chi connectivity index (χ1n) is 7.60. The molecule has 2 unspecified atom stereocenters. The highest BCUT2D eigenvalue weighted by atomic mass is 16.5. The van der Waals surface area contributed by atoms with E-state index >= 15 is 0 Å². The zero-order chi connectivity index (χ0) is 14.8. The van der Waals surface area contributed by atoms with Gasteiger partial charge in [-0.25, -0.2) is 0 Å². The normalized spacial score (nSPS) is 27.6. The molecule has 2 atom stereocenters. The van der Waals surface area contributed by atoms with Gasteiger partial charge < -0.3 is 10.1 Å². The second-order valence-corrected chi connectivity index (χ2v) is 6.36. The average Bonchev–Trinajstić information content (AvgIpc) is 2.43. The number of nitrogens with zero attached hydrogens (tertiary/aromatic N) is 1. The number of rotatable bonds is 4. The minimum atomic E-state index is 0.226. The fraction of sp³-hybridized carbons (Fsp3) is 0.647. The molecule has 1 aliphatic heterocycles. The first-order valence-corrected chi connectivity index (χ1v) is 7.60. The van der Waals surface area contributed by atoms with Crippen LogP contribution in [0.4, 0.5) is 0 Å². The number of nitrogens with one attached hydrogen (secondary N) is 1. The number of methoxy groups -OCH3 is 1. The maximum absolute atomic E-state index is 5.51. The van der Waals surface area contributed by atoms with Gasteiger partial charge in [0.05, 0.1) is 7.11 Å². The van der Waals surface area contributed by atoms with Crippen molar-refractivity contribution in [3.8, 4) is 5.75 Å². The molecule has 0 aliphatic carbocycles. The first-order chi connectivity index (χ1) is 9.47. The van der Waals surface area contributed by atoms with Crippen LogP contribution >= 0.6 is 0 Å². The Morgan fingerprint density at radius 1 is 1.45 bits per heavy atom. The molecule has 1 saturated heterocycles. The Morgan fingerprint density at radius 2 is 2.20 bits per heavy atom. The van der Waals surface area contributed by atoms with Crippen LogP contribution in [-0.4, -0.2) is 36.7 Å². The number of hydrogen-bond acceptors (Lipinski definition) is 3. The molecule has 1 heterocycles. The molecule has 0 amide bonds. The summed E-state index contributed by atoms with van der Waals surface area (Å²) in [7, 11) is 1.76. The third-order valence-corrected chi connectivity index (χ3v) is 4.59. The Balaban J connectivity index is 2.17. The lowest BCUT2D eigenvalue weighted by Gasteiger charge is -2.45. The van der Waals surface area contributed by atoms with Crippen molar-refractivity contribution in [2.75, 3.05) is 20.2 Å². The summed E-state index contributed by atoms with van der Waals surface area (Å²) in [5, 5.41) is 3.68.